The number of alkyl halides is 1. The van der Waals surface area contributed by atoms with Gasteiger partial charge in [-0.25, -0.2) is 13.1 Å². The van der Waals surface area contributed by atoms with E-state index in [-0.39, 0.29) is 11.8 Å². The zero-order chi connectivity index (χ0) is 12.9. The molecule has 17 heavy (non-hydrogen) atoms. The van der Waals surface area contributed by atoms with Crippen molar-refractivity contribution in [3.63, 3.8) is 0 Å². The summed E-state index contributed by atoms with van der Waals surface area (Å²) in [6, 6.07) is 7.29. The monoisotopic (exact) mass is 339 g/mol. The summed E-state index contributed by atoms with van der Waals surface area (Å²) in [6.07, 6.45) is 0.458. The van der Waals surface area contributed by atoms with Crippen molar-refractivity contribution in [2.45, 2.75) is 19.4 Å². The Kier molecular flexibility index (Phi) is 5.92. The number of halogens is 2. The lowest BCUT2D eigenvalue weighted by Gasteiger charge is -2.15. The minimum absolute atomic E-state index is 0.0608. The number of benzene rings is 1. The van der Waals surface area contributed by atoms with Gasteiger partial charge < -0.3 is 0 Å². The van der Waals surface area contributed by atoms with Crippen molar-refractivity contribution in [1.82, 2.24) is 4.72 Å². The second-order valence-corrected chi connectivity index (χ2v) is 6.83. The lowest BCUT2D eigenvalue weighted by atomic mass is 10.1. The predicted molar refractivity (Wildman–Crippen MR) is 74.8 cm³/mol. The molecule has 1 aromatic rings. The lowest BCUT2D eigenvalue weighted by Crippen LogP contribution is -2.29. The van der Waals surface area contributed by atoms with Gasteiger partial charge in [0.25, 0.3) is 0 Å². The first-order chi connectivity index (χ1) is 7.96. The van der Waals surface area contributed by atoms with Crippen LogP contribution in [0.3, 0.4) is 0 Å². The Morgan fingerprint density at radius 1 is 1.41 bits per heavy atom. The van der Waals surface area contributed by atoms with Gasteiger partial charge in [-0.15, -0.1) is 11.6 Å². The highest BCUT2D eigenvalue weighted by Gasteiger charge is 2.16. The molecule has 6 heteroatoms. The molecule has 0 saturated carbocycles. The van der Waals surface area contributed by atoms with E-state index in [1.807, 2.05) is 31.2 Å². The Bertz CT molecular complexity index is 464. The average Bonchev–Trinajstić information content (AvgIpc) is 2.26. The molecule has 1 rings (SSSR count). The van der Waals surface area contributed by atoms with Gasteiger partial charge in [0.05, 0.1) is 5.75 Å². The van der Waals surface area contributed by atoms with Gasteiger partial charge in [-0.2, -0.15) is 0 Å². The van der Waals surface area contributed by atoms with Crippen LogP contribution in [0.5, 0.6) is 0 Å². The highest BCUT2D eigenvalue weighted by Crippen LogP contribution is 2.23. The van der Waals surface area contributed by atoms with E-state index in [0.29, 0.717) is 12.3 Å². The van der Waals surface area contributed by atoms with E-state index >= 15 is 0 Å². The quantitative estimate of drug-likeness (QED) is 0.809. The van der Waals surface area contributed by atoms with Crippen molar-refractivity contribution in [3.05, 3.63) is 34.3 Å². The maximum atomic E-state index is 11.7. The molecule has 0 spiro atoms. The summed E-state index contributed by atoms with van der Waals surface area (Å²) in [5, 5.41) is 0. The van der Waals surface area contributed by atoms with Crippen LogP contribution in [-0.4, -0.2) is 20.1 Å². The summed E-state index contributed by atoms with van der Waals surface area (Å²) in [5.74, 6) is 0.412. The van der Waals surface area contributed by atoms with Gasteiger partial charge in [-0.3, -0.25) is 0 Å². The van der Waals surface area contributed by atoms with Crippen LogP contribution in [0.15, 0.2) is 28.7 Å². The molecule has 1 N–H and O–H groups in total. The Balaban J connectivity index is 2.73. The summed E-state index contributed by atoms with van der Waals surface area (Å²) < 4.78 is 26.9. The van der Waals surface area contributed by atoms with E-state index in [2.05, 4.69) is 20.7 Å². The Hall–Kier alpha value is -0.100. The number of hydrogen-bond acceptors (Lipinski definition) is 2. The smallest absolute Gasteiger partial charge is 0.212 e. The molecule has 0 aliphatic carbocycles. The minimum Gasteiger partial charge on any atom is -0.212 e. The maximum absolute atomic E-state index is 11.7. The Morgan fingerprint density at radius 2 is 2.06 bits per heavy atom. The van der Waals surface area contributed by atoms with Crippen LogP contribution in [0.2, 0.25) is 0 Å². The molecule has 1 aromatic carbocycles. The molecular formula is C11H15BrClNO2S. The zero-order valence-electron chi connectivity index (χ0n) is 9.49. The molecular weight excluding hydrogens is 326 g/mol. The fourth-order valence-corrected chi connectivity index (χ4v) is 3.69. The zero-order valence-corrected chi connectivity index (χ0v) is 12.6. The fraction of sp³-hybridized carbons (Fsp3) is 0.455. The van der Waals surface area contributed by atoms with Crippen LogP contribution in [-0.2, 0) is 10.0 Å². The molecule has 1 atom stereocenters. The van der Waals surface area contributed by atoms with Crippen molar-refractivity contribution in [2.75, 3.05) is 11.6 Å². The molecule has 96 valence electrons. The predicted octanol–water partition coefficient (Wildman–Crippen LogP) is 3.06. The van der Waals surface area contributed by atoms with Crippen molar-refractivity contribution in [3.8, 4) is 0 Å². The summed E-state index contributed by atoms with van der Waals surface area (Å²) in [7, 11) is -3.26. The fourth-order valence-electron chi connectivity index (χ4n) is 1.46. The second kappa shape index (κ2) is 6.73. The maximum Gasteiger partial charge on any atom is 0.212 e. The van der Waals surface area contributed by atoms with Crippen LogP contribution < -0.4 is 4.72 Å². The van der Waals surface area contributed by atoms with E-state index in [4.69, 9.17) is 11.6 Å². The normalized spacial score (nSPS) is 13.6. The van der Waals surface area contributed by atoms with Gasteiger partial charge in [0, 0.05) is 16.4 Å². The first kappa shape index (κ1) is 15.0. The third-order valence-electron chi connectivity index (χ3n) is 2.27. The van der Waals surface area contributed by atoms with E-state index in [1.54, 1.807) is 0 Å². The van der Waals surface area contributed by atoms with E-state index in [1.165, 1.54) is 0 Å². The van der Waals surface area contributed by atoms with Gasteiger partial charge in [0.15, 0.2) is 0 Å². The third-order valence-corrected chi connectivity index (χ3v) is 4.80. The van der Waals surface area contributed by atoms with Crippen molar-refractivity contribution >= 4 is 37.6 Å². The van der Waals surface area contributed by atoms with Crippen molar-refractivity contribution in [1.29, 1.82) is 0 Å². The standard InChI is InChI=1S/C11H15BrClNO2S/c1-9(10-5-2-3-6-11(10)12)14-17(15,16)8-4-7-13/h2-3,5-6,9,14H,4,7-8H2,1H3. The van der Waals surface area contributed by atoms with Crippen LogP contribution in [0.4, 0.5) is 0 Å². The number of sulfonamides is 1. The molecule has 3 nitrogen and oxygen atoms in total. The average molecular weight is 341 g/mol. The molecule has 0 radical (unpaired) electrons. The molecule has 0 fully saturated rings. The molecule has 0 aliphatic rings. The SMILES string of the molecule is CC(NS(=O)(=O)CCCCl)c1ccccc1Br. The second-order valence-electron chi connectivity index (χ2n) is 3.72. The summed E-state index contributed by atoms with van der Waals surface area (Å²) in [6.45, 7) is 1.82. The molecule has 0 bridgehead atoms. The molecule has 0 aromatic heterocycles. The van der Waals surface area contributed by atoms with Gasteiger partial charge in [0.2, 0.25) is 10.0 Å². The highest BCUT2D eigenvalue weighted by molar-refractivity contribution is 9.10. The summed E-state index contributed by atoms with van der Waals surface area (Å²) in [5.41, 5.74) is 0.918. The van der Waals surface area contributed by atoms with Crippen LogP contribution in [0.1, 0.15) is 24.9 Å². The lowest BCUT2D eigenvalue weighted by molar-refractivity contribution is 0.565. The molecule has 1 unspecified atom stereocenters. The van der Waals surface area contributed by atoms with Crippen molar-refractivity contribution in [2.24, 2.45) is 0 Å². The first-order valence-electron chi connectivity index (χ1n) is 5.26. The van der Waals surface area contributed by atoms with Crippen LogP contribution in [0, 0.1) is 0 Å². The molecule has 0 aliphatic heterocycles. The number of rotatable bonds is 6. The summed E-state index contributed by atoms with van der Waals surface area (Å²) >= 11 is 8.89. The van der Waals surface area contributed by atoms with Gasteiger partial charge >= 0.3 is 0 Å². The first-order valence-corrected chi connectivity index (χ1v) is 8.24. The van der Waals surface area contributed by atoms with Crippen molar-refractivity contribution < 1.29 is 8.42 Å². The highest BCUT2D eigenvalue weighted by atomic mass is 79.9. The molecule has 0 heterocycles. The van der Waals surface area contributed by atoms with Crippen LogP contribution >= 0.6 is 27.5 Å². The number of hydrogen-bond donors (Lipinski definition) is 1. The topological polar surface area (TPSA) is 46.2 Å². The molecule has 0 amide bonds. The van der Waals surface area contributed by atoms with Crippen LogP contribution in [0.25, 0.3) is 0 Å². The third kappa shape index (κ3) is 4.95. The van der Waals surface area contributed by atoms with E-state index < -0.39 is 10.0 Å². The summed E-state index contributed by atoms with van der Waals surface area (Å²) in [4.78, 5) is 0. The number of nitrogens with one attached hydrogen (secondary N) is 1. The molecule has 0 saturated heterocycles. The largest absolute Gasteiger partial charge is 0.212 e. The van der Waals surface area contributed by atoms with E-state index in [9.17, 15) is 8.42 Å². The van der Waals surface area contributed by atoms with Gasteiger partial charge in [-0.1, -0.05) is 34.1 Å². The van der Waals surface area contributed by atoms with Gasteiger partial charge in [0.1, 0.15) is 0 Å². The Morgan fingerprint density at radius 3 is 2.65 bits per heavy atom. The van der Waals surface area contributed by atoms with E-state index in [0.717, 1.165) is 10.0 Å². The Labute approximate surface area is 116 Å². The van der Waals surface area contributed by atoms with Gasteiger partial charge in [-0.05, 0) is 25.0 Å². The minimum atomic E-state index is -3.26.